The third-order valence-electron chi connectivity index (χ3n) is 7.00. The molecule has 192 valence electrons. The van der Waals surface area contributed by atoms with Crippen LogP contribution in [0.1, 0.15) is 25.0 Å². The largest absolute Gasteiger partial charge is 0.486 e. The molecule has 12 heteroatoms. The van der Waals surface area contributed by atoms with Gasteiger partial charge in [0.15, 0.2) is 0 Å². The number of halogens is 2. The number of piperazine rings is 1. The highest BCUT2D eigenvalue weighted by Crippen LogP contribution is 2.37. The van der Waals surface area contributed by atoms with E-state index in [4.69, 9.17) is 27.9 Å². The number of H-pyrrole nitrogens is 1. The Hall–Kier alpha value is -2.92. The van der Waals surface area contributed by atoms with Gasteiger partial charge in [-0.3, -0.25) is 10.1 Å². The van der Waals surface area contributed by atoms with Crippen molar-refractivity contribution in [1.29, 1.82) is 0 Å². The molecule has 1 aromatic carbocycles. The number of pyridine rings is 2. The third-order valence-corrected chi connectivity index (χ3v) is 8.96. The maximum atomic E-state index is 12.0. The van der Waals surface area contributed by atoms with Crippen molar-refractivity contribution in [3.63, 3.8) is 0 Å². The van der Waals surface area contributed by atoms with Gasteiger partial charge in [-0.25, -0.2) is 13.4 Å². The van der Waals surface area contributed by atoms with Gasteiger partial charge in [0.05, 0.1) is 21.8 Å². The molecule has 0 saturated carbocycles. The van der Waals surface area contributed by atoms with Crippen molar-refractivity contribution in [2.45, 2.75) is 31.5 Å². The molecule has 4 aromatic rings. The topological polar surface area (TPSA) is 104 Å². The van der Waals surface area contributed by atoms with E-state index in [1.807, 2.05) is 37.3 Å². The number of anilines is 1. The number of ether oxygens (including phenoxy) is 1. The van der Waals surface area contributed by atoms with Crippen LogP contribution in [0.2, 0.25) is 10.0 Å². The summed E-state index contributed by atoms with van der Waals surface area (Å²) in [7, 11) is -3.17. The predicted molar refractivity (Wildman–Crippen MR) is 144 cm³/mol. The molecule has 3 aliphatic heterocycles. The minimum atomic E-state index is -3.17. The maximum Gasteiger partial charge on any atom is 0.211 e. The van der Waals surface area contributed by atoms with Crippen LogP contribution in [-0.2, 0) is 10.0 Å². The summed E-state index contributed by atoms with van der Waals surface area (Å²) < 4.78 is 31.8. The fraction of sp³-hybridized carbons (Fsp3) is 0.320. The number of piperidine rings is 1. The van der Waals surface area contributed by atoms with E-state index in [1.165, 1.54) is 6.26 Å². The highest BCUT2D eigenvalue weighted by Gasteiger charge is 2.49. The number of hydrogen-bond acceptors (Lipinski definition) is 7. The summed E-state index contributed by atoms with van der Waals surface area (Å²) in [6.45, 7) is 3.17. The van der Waals surface area contributed by atoms with E-state index in [0.29, 0.717) is 34.4 Å². The number of nitrogens with zero attached hydrogens (tertiary/aromatic N) is 5. The average Bonchev–Trinajstić information content (AvgIpc) is 3.26. The number of fused-ring (bicyclic) bond motifs is 3. The zero-order valence-corrected chi connectivity index (χ0v) is 22.4. The van der Waals surface area contributed by atoms with Crippen molar-refractivity contribution < 1.29 is 13.2 Å². The lowest BCUT2D eigenvalue weighted by Gasteiger charge is -2.54. The Morgan fingerprint density at radius 3 is 2.46 bits per heavy atom. The van der Waals surface area contributed by atoms with Gasteiger partial charge in [0, 0.05) is 60.3 Å². The highest BCUT2D eigenvalue weighted by atomic mass is 35.5. The molecule has 0 radical (unpaired) electrons. The second-order valence-electron chi connectivity index (χ2n) is 9.50. The van der Waals surface area contributed by atoms with Crippen LogP contribution in [0.15, 0.2) is 48.9 Å². The minimum absolute atomic E-state index is 0.0169. The molecular formula is C25H24Cl2N6O3S. The highest BCUT2D eigenvalue weighted by molar-refractivity contribution is 7.88. The van der Waals surface area contributed by atoms with Crippen LogP contribution in [-0.4, -0.2) is 64.3 Å². The van der Waals surface area contributed by atoms with Crippen molar-refractivity contribution in [3.8, 4) is 17.0 Å². The van der Waals surface area contributed by atoms with E-state index >= 15 is 0 Å². The first-order valence-electron chi connectivity index (χ1n) is 11.8. The van der Waals surface area contributed by atoms with Crippen LogP contribution >= 0.6 is 23.2 Å². The number of hydrogen-bond donors (Lipinski definition) is 1. The molecule has 3 aliphatic rings. The second kappa shape index (κ2) is 9.13. The summed E-state index contributed by atoms with van der Waals surface area (Å²) >= 11 is 12.6. The summed E-state index contributed by atoms with van der Waals surface area (Å²) in [5, 5.41) is 9.38. The zero-order chi connectivity index (χ0) is 25.9. The standard InChI is InChI=1S/C25H24Cl2N6O3S/c1-14(24-20(26)10-28-11-21(24)27)36-18-4-5-22-19(8-18)25(31-30-22)15-3-6-23(29-9-15)32-12-16-7-17(13-32)33(16)37(2,34)35/h3-6,8-11,14,16-17H,7,12-13H2,1-2H3,(H,30,31). The van der Waals surface area contributed by atoms with E-state index in [1.54, 1.807) is 22.9 Å². The number of rotatable bonds is 6. The molecule has 3 aromatic heterocycles. The molecule has 9 nitrogen and oxygen atoms in total. The quantitative estimate of drug-likeness (QED) is 0.366. The minimum Gasteiger partial charge on any atom is -0.486 e. The lowest BCUT2D eigenvalue weighted by molar-refractivity contribution is 0.0884. The monoisotopic (exact) mass is 558 g/mol. The van der Waals surface area contributed by atoms with Gasteiger partial charge in [-0.1, -0.05) is 23.2 Å². The first kappa shape index (κ1) is 24.4. The molecule has 1 N–H and O–H groups in total. The fourth-order valence-electron chi connectivity index (χ4n) is 5.38. The lowest BCUT2D eigenvalue weighted by atomic mass is 9.91. The van der Waals surface area contributed by atoms with Crippen molar-refractivity contribution in [1.82, 2.24) is 24.5 Å². The molecule has 2 bridgehead atoms. The Kier molecular flexibility index (Phi) is 6.02. The second-order valence-corrected chi connectivity index (χ2v) is 12.2. The van der Waals surface area contributed by atoms with Gasteiger partial charge in [0.2, 0.25) is 10.0 Å². The number of nitrogens with one attached hydrogen (secondary N) is 1. The van der Waals surface area contributed by atoms with Gasteiger partial charge >= 0.3 is 0 Å². The molecule has 3 fully saturated rings. The number of sulfonamides is 1. The lowest BCUT2D eigenvalue weighted by Crippen LogP contribution is -2.70. The predicted octanol–water partition coefficient (Wildman–Crippen LogP) is 4.69. The van der Waals surface area contributed by atoms with Gasteiger partial charge in [-0.15, -0.1) is 0 Å². The molecule has 7 rings (SSSR count). The van der Waals surface area contributed by atoms with Crippen LogP contribution in [0.3, 0.4) is 0 Å². The first-order valence-corrected chi connectivity index (χ1v) is 14.4. The van der Waals surface area contributed by atoms with Gasteiger partial charge < -0.3 is 9.64 Å². The van der Waals surface area contributed by atoms with E-state index in [0.717, 1.165) is 34.4 Å². The van der Waals surface area contributed by atoms with Crippen molar-refractivity contribution in [3.05, 3.63) is 64.5 Å². The number of benzene rings is 1. The smallest absolute Gasteiger partial charge is 0.211 e. The van der Waals surface area contributed by atoms with Gasteiger partial charge in [0.25, 0.3) is 0 Å². The van der Waals surface area contributed by atoms with Crippen molar-refractivity contribution in [2.24, 2.45) is 0 Å². The van der Waals surface area contributed by atoms with Crippen LogP contribution in [0.5, 0.6) is 5.75 Å². The molecule has 3 atom stereocenters. The van der Waals surface area contributed by atoms with Gasteiger partial charge in [0.1, 0.15) is 23.4 Å². The van der Waals surface area contributed by atoms with E-state index in [-0.39, 0.29) is 18.2 Å². The average molecular weight is 559 g/mol. The summed E-state index contributed by atoms with van der Waals surface area (Å²) in [5.74, 6) is 1.48. The van der Waals surface area contributed by atoms with E-state index in [2.05, 4.69) is 25.1 Å². The Morgan fingerprint density at radius 1 is 1.08 bits per heavy atom. The van der Waals surface area contributed by atoms with Gasteiger partial charge in [-0.05, 0) is 43.7 Å². The Morgan fingerprint density at radius 2 is 1.81 bits per heavy atom. The van der Waals surface area contributed by atoms with E-state index < -0.39 is 10.0 Å². The molecule has 0 aliphatic carbocycles. The molecular weight excluding hydrogens is 535 g/mol. The Balaban J connectivity index is 1.22. The first-order chi connectivity index (χ1) is 17.7. The molecule has 37 heavy (non-hydrogen) atoms. The molecule has 6 heterocycles. The van der Waals surface area contributed by atoms with Gasteiger partial charge in [-0.2, -0.15) is 9.40 Å². The Labute approximate surface area is 224 Å². The SMILES string of the molecule is CC(Oc1ccc2[nH]nc(-c3ccc(N4CC5CC(C4)N5S(C)(=O)=O)nc3)c2c1)c1c(Cl)cncc1Cl. The zero-order valence-electron chi connectivity index (χ0n) is 20.1. The summed E-state index contributed by atoms with van der Waals surface area (Å²) in [4.78, 5) is 10.8. The number of aromatic amines is 1. The molecule has 0 spiro atoms. The fourth-order valence-corrected chi connectivity index (χ4v) is 7.44. The number of aromatic nitrogens is 4. The molecule has 0 amide bonds. The Bertz CT molecular complexity index is 1560. The molecule has 3 unspecified atom stereocenters. The van der Waals surface area contributed by atoms with Crippen LogP contribution in [0, 0.1) is 0 Å². The van der Waals surface area contributed by atoms with Crippen molar-refractivity contribution in [2.75, 3.05) is 24.2 Å². The van der Waals surface area contributed by atoms with E-state index in [9.17, 15) is 8.42 Å². The maximum absolute atomic E-state index is 12.0. The summed E-state index contributed by atoms with van der Waals surface area (Å²) in [6, 6.07) is 9.69. The summed E-state index contributed by atoms with van der Waals surface area (Å²) in [5.41, 5.74) is 3.17. The van der Waals surface area contributed by atoms with Crippen molar-refractivity contribution >= 4 is 49.9 Å². The summed E-state index contributed by atoms with van der Waals surface area (Å²) in [6.07, 6.45) is 6.70. The van der Waals surface area contributed by atoms with Crippen LogP contribution in [0.25, 0.3) is 22.2 Å². The normalized spacial score (nSPS) is 20.6. The van der Waals surface area contributed by atoms with Crippen LogP contribution < -0.4 is 9.64 Å². The van der Waals surface area contributed by atoms with Crippen LogP contribution in [0.4, 0.5) is 5.82 Å². The third kappa shape index (κ3) is 4.41. The molecule has 3 saturated heterocycles.